The van der Waals surface area contributed by atoms with Crippen LogP contribution in [0.15, 0.2) is 42.6 Å². The van der Waals surface area contributed by atoms with E-state index in [4.69, 9.17) is 5.26 Å². The number of hydrogen-bond acceptors (Lipinski definition) is 4. The molecule has 1 aliphatic heterocycles. The average molecular weight is 357 g/mol. The van der Waals surface area contributed by atoms with Gasteiger partial charge in [-0.2, -0.15) is 10.4 Å². The Morgan fingerprint density at radius 3 is 2.78 bits per heavy atom. The summed E-state index contributed by atoms with van der Waals surface area (Å²) in [6, 6.07) is 13.3. The number of nitrogens with one attached hydrogen (secondary N) is 1. The summed E-state index contributed by atoms with van der Waals surface area (Å²) in [5.41, 5.74) is 5.68. The molecule has 1 amide bonds. The van der Waals surface area contributed by atoms with E-state index in [0.717, 1.165) is 33.9 Å². The van der Waals surface area contributed by atoms with Gasteiger partial charge in [-0.15, -0.1) is 0 Å². The minimum atomic E-state index is -0.105. The minimum absolute atomic E-state index is 0.105. The van der Waals surface area contributed by atoms with E-state index in [2.05, 4.69) is 16.5 Å². The molecule has 2 aromatic carbocycles. The molecule has 134 valence electrons. The van der Waals surface area contributed by atoms with Crippen LogP contribution in [0.3, 0.4) is 0 Å². The Kier molecular flexibility index (Phi) is 3.93. The van der Waals surface area contributed by atoms with Crippen molar-refractivity contribution in [2.75, 3.05) is 10.2 Å². The lowest BCUT2D eigenvalue weighted by Crippen LogP contribution is -2.30. The Morgan fingerprint density at radius 2 is 2.04 bits per heavy atom. The van der Waals surface area contributed by atoms with Gasteiger partial charge in [-0.25, -0.2) is 0 Å². The van der Waals surface area contributed by atoms with Crippen molar-refractivity contribution in [3.8, 4) is 6.07 Å². The largest absolute Gasteiger partial charge is 0.338 e. The van der Waals surface area contributed by atoms with Crippen LogP contribution in [0.25, 0.3) is 0 Å². The van der Waals surface area contributed by atoms with E-state index >= 15 is 0 Å². The molecule has 6 heteroatoms. The smallest absolute Gasteiger partial charge is 0.258 e. The van der Waals surface area contributed by atoms with Gasteiger partial charge in [0.1, 0.15) is 5.82 Å². The van der Waals surface area contributed by atoms with E-state index in [1.54, 1.807) is 34.0 Å². The van der Waals surface area contributed by atoms with Gasteiger partial charge in [0.05, 0.1) is 35.7 Å². The predicted octanol–water partition coefficient (Wildman–Crippen LogP) is 3.81. The summed E-state index contributed by atoms with van der Waals surface area (Å²) in [4.78, 5) is 15.1. The Hall–Kier alpha value is -3.59. The summed E-state index contributed by atoms with van der Waals surface area (Å²) >= 11 is 0. The number of nitrogens with zero attached hydrogens (tertiary/aromatic N) is 4. The lowest BCUT2D eigenvalue weighted by atomic mass is 10.0. The molecular formula is C21H19N5O. The van der Waals surface area contributed by atoms with Crippen LogP contribution in [-0.4, -0.2) is 15.7 Å². The first-order chi connectivity index (χ1) is 13.0. The molecule has 2 heterocycles. The highest BCUT2D eigenvalue weighted by atomic mass is 16.2. The second-order valence-corrected chi connectivity index (χ2v) is 6.82. The van der Waals surface area contributed by atoms with Crippen LogP contribution in [0, 0.1) is 25.2 Å². The van der Waals surface area contributed by atoms with Crippen molar-refractivity contribution < 1.29 is 4.79 Å². The van der Waals surface area contributed by atoms with E-state index in [1.165, 1.54) is 0 Å². The van der Waals surface area contributed by atoms with Gasteiger partial charge >= 0.3 is 0 Å². The van der Waals surface area contributed by atoms with Crippen molar-refractivity contribution in [3.63, 3.8) is 0 Å². The van der Waals surface area contributed by atoms with E-state index in [-0.39, 0.29) is 5.91 Å². The molecule has 0 bridgehead atoms. The molecule has 0 saturated carbocycles. The molecule has 0 unspecified atom stereocenters. The Bertz CT molecular complexity index is 1110. The predicted molar refractivity (Wildman–Crippen MR) is 104 cm³/mol. The quantitative estimate of drug-likeness (QED) is 0.719. The third-order valence-electron chi connectivity index (χ3n) is 4.88. The molecule has 1 N–H and O–H groups in total. The summed E-state index contributed by atoms with van der Waals surface area (Å²) in [5, 5.41) is 16.9. The van der Waals surface area contributed by atoms with E-state index < -0.39 is 0 Å². The van der Waals surface area contributed by atoms with Crippen molar-refractivity contribution in [2.24, 2.45) is 7.05 Å². The Labute approximate surface area is 157 Å². The molecule has 0 fully saturated rings. The van der Waals surface area contributed by atoms with Crippen LogP contribution in [0.2, 0.25) is 0 Å². The molecule has 4 rings (SSSR count). The van der Waals surface area contributed by atoms with Crippen molar-refractivity contribution in [3.05, 3.63) is 70.4 Å². The molecule has 0 atom stereocenters. The van der Waals surface area contributed by atoms with Crippen molar-refractivity contribution in [1.29, 1.82) is 5.26 Å². The fourth-order valence-electron chi connectivity index (χ4n) is 3.39. The number of rotatable bonds is 1. The summed E-state index contributed by atoms with van der Waals surface area (Å²) in [6.45, 7) is 4.28. The number of carbonyl (C=O) groups is 1. The van der Waals surface area contributed by atoms with Crippen LogP contribution < -0.4 is 10.2 Å². The van der Waals surface area contributed by atoms with Crippen LogP contribution in [0.1, 0.15) is 32.6 Å². The van der Waals surface area contributed by atoms with Crippen LogP contribution in [0.5, 0.6) is 0 Å². The van der Waals surface area contributed by atoms with Gasteiger partial charge in [0.25, 0.3) is 5.91 Å². The second-order valence-electron chi connectivity index (χ2n) is 6.82. The lowest BCUT2D eigenvalue weighted by Gasteiger charge is -2.23. The first-order valence-electron chi connectivity index (χ1n) is 8.69. The van der Waals surface area contributed by atoms with Crippen LogP contribution >= 0.6 is 0 Å². The maximum atomic E-state index is 13.4. The van der Waals surface area contributed by atoms with Crippen LogP contribution in [0.4, 0.5) is 17.2 Å². The summed E-state index contributed by atoms with van der Waals surface area (Å²) in [6.07, 6.45) is 1.78. The van der Waals surface area contributed by atoms with Gasteiger partial charge in [0.15, 0.2) is 0 Å². The first kappa shape index (κ1) is 16.9. The molecule has 0 radical (unpaired) electrons. The topological polar surface area (TPSA) is 74.0 Å². The number of hydrogen-bond donors (Lipinski definition) is 1. The zero-order chi connectivity index (χ0) is 19.1. The average Bonchev–Trinajstić information content (AvgIpc) is 2.90. The number of amides is 1. The number of benzene rings is 2. The van der Waals surface area contributed by atoms with E-state index in [1.807, 2.05) is 39.1 Å². The molecule has 27 heavy (non-hydrogen) atoms. The maximum absolute atomic E-state index is 13.4. The number of aromatic nitrogens is 2. The molecule has 0 aliphatic carbocycles. The van der Waals surface area contributed by atoms with Crippen molar-refractivity contribution in [1.82, 2.24) is 9.78 Å². The highest BCUT2D eigenvalue weighted by Crippen LogP contribution is 2.37. The van der Waals surface area contributed by atoms with Gasteiger partial charge in [0.2, 0.25) is 0 Å². The number of aryl methyl sites for hydroxylation is 3. The molecule has 0 saturated heterocycles. The van der Waals surface area contributed by atoms with Gasteiger partial charge < -0.3 is 10.2 Å². The Balaban J connectivity index is 1.83. The molecular weight excluding hydrogens is 338 g/mol. The SMILES string of the molecule is Cc1ccc2c(c1)Nc1c(cnn1C)CN2C(=O)c1ccc(C#N)c(C)c1. The number of anilines is 3. The fraction of sp³-hybridized carbons (Fsp3) is 0.190. The van der Waals surface area contributed by atoms with E-state index in [9.17, 15) is 4.79 Å². The van der Waals surface area contributed by atoms with Gasteiger partial charge in [-0.05, 0) is 55.3 Å². The standard InChI is InChI=1S/C21H19N5O/c1-13-4-7-19-18(8-13)24-20-17(11-23-25(20)3)12-26(19)21(27)15-5-6-16(10-22)14(2)9-15/h4-9,11,24H,12H2,1-3H3. The molecule has 3 aromatic rings. The Morgan fingerprint density at radius 1 is 1.22 bits per heavy atom. The minimum Gasteiger partial charge on any atom is -0.338 e. The fourth-order valence-corrected chi connectivity index (χ4v) is 3.39. The number of fused-ring (bicyclic) bond motifs is 2. The van der Waals surface area contributed by atoms with E-state index in [0.29, 0.717) is 17.7 Å². The molecule has 1 aliphatic rings. The maximum Gasteiger partial charge on any atom is 0.258 e. The first-order valence-corrected chi connectivity index (χ1v) is 8.69. The van der Waals surface area contributed by atoms with Crippen LogP contribution in [-0.2, 0) is 13.6 Å². The second kappa shape index (κ2) is 6.29. The zero-order valence-electron chi connectivity index (χ0n) is 15.4. The van der Waals surface area contributed by atoms with Gasteiger partial charge in [0, 0.05) is 18.2 Å². The third kappa shape index (κ3) is 2.83. The summed E-state index contributed by atoms with van der Waals surface area (Å²) in [7, 11) is 1.88. The summed E-state index contributed by atoms with van der Waals surface area (Å²) < 4.78 is 1.78. The van der Waals surface area contributed by atoms with Gasteiger partial charge in [-0.1, -0.05) is 6.07 Å². The molecule has 6 nitrogen and oxygen atoms in total. The zero-order valence-corrected chi connectivity index (χ0v) is 15.4. The number of carbonyl (C=O) groups excluding carboxylic acids is 1. The highest BCUT2D eigenvalue weighted by Gasteiger charge is 2.27. The molecule has 0 spiro atoms. The molecule has 1 aromatic heterocycles. The highest BCUT2D eigenvalue weighted by molar-refractivity contribution is 6.08. The van der Waals surface area contributed by atoms with Crippen molar-refractivity contribution in [2.45, 2.75) is 20.4 Å². The van der Waals surface area contributed by atoms with Gasteiger partial charge in [-0.3, -0.25) is 9.48 Å². The summed E-state index contributed by atoms with van der Waals surface area (Å²) in [5.74, 6) is 0.777. The number of nitriles is 1. The lowest BCUT2D eigenvalue weighted by molar-refractivity contribution is 0.0985. The monoisotopic (exact) mass is 357 g/mol. The normalized spacial score (nSPS) is 12.4. The van der Waals surface area contributed by atoms with Crippen molar-refractivity contribution >= 4 is 23.1 Å². The third-order valence-corrected chi connectivity index (χ3v) is 4.88.